The zero-order valence-corrected chi connectivity index (χ0v) is 12.3. The quantitative estimate of drug-likeness (QED) is 0.839. The van der Waals surface area contributed by atoms with Crippen molar-refractivity contribution in [3.63, 3.8) is 0 Å². The van der Waals surface area contributed by atoms with Crippen LogP contribution in [-0.2, 0) is 18.4 Å². The minimum Gasteiger partial charge on any atom is -0.374 e. The van der Waals surface area contributed by atoms with Crippen molar-refractivity contribution in [3.05, 3.63) is 24.3 Å². The summed E-state index contributed by atoms with van der Waals surface area (Å²) in [5.74, 6) is 2.31. The summed E-state index contributed by atoms with van der Waals surface area (Å²) in [6.07, 6.45) is 4.71. The fourth-order valence-electron chi connectivity index (χ4n) is 1.83. The summed E-state index contributed by atoms with van der Waals surface area (Å²) in [5.41, 5.74) is 0.806. The predicted molar refractivity (Wildman–Crippen MR) is 78.3 cm³/mol. The molecule has 0 saturated carbocycles. The Morgan fingerprint density at radius 3 is 2.80 bits per heavy atom. The van der Waals surface area contributed by atoms with E-state index in [9.17, 15) is 0 Å². The van der Waals surface area contributed by atoms with Gasteiger partial charge in [0.1, 0.15) is 18.1 Å². The van der Waals surface area contributed by atoms with E-state index in [1.165, 1.54) is 0 Å². The zero-order chi connectivity index (χ0) is 14.4. The van der Waals surface area contributed by atoms with Crippen molar-refractivity contribution in [2.75, 3.05) is 18.5 Å². The van der Waals surface area contributed by atoms with Gasteiger partial charge in [-0.3, -0.25) is 0 Å². The molecule has 2 heterocycles. The Balaban J connectivity index is 2.32. The Bertz CT molecular complexity index is 526. The molecule has 2 aromatic rings. The molecule has 2 rings (SSSR count). The van der Waals surface area contributed by atoms with Gasteiger partial charge in [0.05, 0.1) is 0 Å². The van der Waals surface area contributed by atoms with Gasteiger partial charge in [-0.2, -0.15) is 0 Å². The highest BCUT2D eigenvalue weighted by atomic mass is 16.5. The van der Waals surface area contributed by atoms with Crippen LogP contribution >= 0.6 is 0 Å². The summed E-state index contributed by atoms with van der Waals surface area (Å²) in [4.78, 5) is 13.3. The van der Waals surface area contributed by atoms with Crippen molar-refractivity contribution in [2.45, 2.75) is 26.9 Å². The van der Waals surface area contributed by atoms with Crippen LogP contribution in [0, 0.1) is 0 Å². The van der Waals surface area contributed by atoms with Crippen LogP contribution in [0.5, 0.6) is 0 Å². The average molecular weight is 275 g/mol. The van der Waals surface area contributed by atoms with Gasteiger partial charge in [-0.15, -0.1) is 0 Å². The summed E-state index contributed by atoms with van der Waals surface area (Å²) in [5, 5.41) is 3.29. The van der Waals surface area contributed by atoms with Gasteiger partial charge in [0.25, 0.3) is 0 Å². The van der Waals surface area contributed by atoms with Crippen molar-refractivity contribution < 1.29 is 4.74 Å². The molecular weight excluding hydrogens is 254 g/mol. The lowest BCUT2D eigenvalue weighted by Crippen LogP contribution is -2.08. The van der Waals surface area contributed by atoms with Gasteiger partial charge < -0.3 is 14.6 Å². The van der Waals surface area contributed by atoms with Crippen molar-refractivity contribution in [1.29, 1.82) is 0 Å². The van der Waals surface area contributed by atoms with Gasteiger partial charge >= 0.3 is 0 Å². The fraction of sp³-hybridized carbons (Fsp3) is 0.500. The molecule has 0 aliphatic carbocycles. The minimum absolute atomic E-state index is 0.412. The molecule has 1 N–H and O–H groups in total. The Kier molecular flexibility index (Phi) is 5.06. The van der Waals surface area contributed by atoms with E-state index in [0.717, 1.165) is 30.3 Å². The maximum absolute atomic E-state index is 5.40. The first-order valence-electron chi connectivity index (χ1n) is 6.91. The molecule has 0 radical (unpaired) electrons. The summed E-state index contributed by atoms with van der Waals surface area (Å²) in [7, 11) is 1.95. The van der Waals surface area contributed by atoms with Gasteiger partial charge in [-0.05, 0) is 13.3 Å². The average Bonchev–Trinajstić information content (AvgIpc) is 2.89. The van der Waals surface area contributed by atoms with Gasteiger partial charge in [0.2, 0.25) is 0 Å². The summed E-state index contributed by atoms with van der Waals surface area (Å²) in [6.45, 7) is 6.02. The van der Waals surface area contributed by atoms with Crippen molar-refractivity contribution in [3.8, 4) is 11.5 Å². The fourth-order valence-corrected chi connectivity index (χ4v) is 1.83. The number of imidazole rings is 1. The second-order valence-corrected chi connectivity index (χ2v) is 4.48. The van der Waals surface area contributed by atoms with Gasteiger partial charge in [0, 0.05) is 38.7 Å². The van der Waals surface area contributed by atoms with E-state index in [4.69, 9.17) is 4.74 Å². The molecule has 0 saturated heterocycles. The number of ether oxygens (including phenoxy) is 1. The van der Waals surface area contributed by atoms with E-state index in [2.05, 4.69) is 27.2 Å². The summed E-state index contributed by atoms with van der Waals surface area (Å²) < 4.78 is 7.34. The van der Waals surface area contributed by atoms with E-state index in [0.29, 0.717) is 19.0 Å². The number of hydrogen-bond donors (Lipinski definition) is 1. The van der Waals surface area contributed by atoms with Crippen LogP contribution in [0.4, 0.5) is 5.82 Å². The molecule has 108 valence electrons. The number of nitrogens with zero attached hydrogens (tertiary/aromatic N) is 4. The van der Waals surface area contributed by atoms with E-state index in [1.807, 2.05) is 30.8 Å². The molecule has 0 unspecified atom stereocenters. The predicted octanol–water partition coefficient (Wildman–Crippen LogP) is 2.24. The Hall–Kier alpha value is -1.95. The number of aromatic nitrogens is 4. The highest BCUT2D eigenvalue weighted by molar-refractivity contribution is 5.55. The normalized spacial score (nSPS) is 10.8. The standard InChI is InChI=1S/C14H21N5O/c1-4-6-15-12-9-11(14-16-7-8-19(14)3)17-13(18-12)10-20-5-2/h7-9H,4-6,10H2,1-3H3,(H,15,17,18). The first-order valence-corrected chi connectivity index (χ1v) is 6.91. The minimum atomic E-state index is 0.412. The maximum Gasteiger partial charge on any atom is 0.158 e. The van der Waals surface area contributed by atoms with Crippen molar-refractivity contribution in [1.82, 2.24) is 19.5 Å². The van der Waals surface area contributed by atoms with Gasteiger partial charge in [-0.25, -0.2) is 15.0 Å². The molecule has 6 nitrogen and oxygen atoms in total. The third-order valence-corrected chi connectivity index (χ3v) is 2.81. The van der Waals surface area contributed by atoms with E-state index >= 15 is 0 Å². The van der Waals surface area contributed by atoms with E-state index in [1.54, 1.807) is 6.20 Å². The third kappa shape index (κ3) is 3.54. The van der Waals surface area contributed by atoms with Crippen molar-refractivity contribution >= 4 is 5.82 Å². The number of hydrogen-bond acceptors (Lipinski definition) is 5. The molecular formula is C14H21N5O. The first kappa shape index (κ1) is 14.5. The molecule has 0 amide bonds. The Morgan fingerprint density at radius 1 is 1.30 bits per heavy atom. The van der Waals surface area contributed by atoms with Crippen LogP contribution < -0.4 is 5.32 Å². The lowest BCUT2D eigenvalue weighted by molar-refractivity contribution is 0.128. The maximum atomic E-state index is 5.40. The van der Waals surface area contributed by atoms with Crippen LogP contribution in [-0.4, -0.2) is 32.7 Å². The first-order chi connectivity index (χ1) is 9.74. The largest absolute Gasteiger partial charge is 0.374 e. The Labute approximate surface area is 119 Å². The summed E-state index contributed by atoms with van der Waals surface area (Å²) in [6, 6.07) is 1.92. The van der Waals surface area contributed by atoms with Gasteiger partial charge in [-0.1, -0.05) is 6.92 Å². The molecule has 6 heteroatoms. The second-order valence-electron chi connectivity index (χ2n) is 4.48. The second kappa shape index (κ2) is 7.00. The monoisotopic (exact) mass is 275 g/mol. The molecule has 0 spiro atoms. The Morgan fingerprint density at radius 2 is 2.15 bits per heavy atom. The number of rotatable bonds is 7. The van der Waals surface area contributed by atoms with Crippen LogP contribution in [0.25, 0.3) is 11.5 Å². The summed E-state index contributed by atoms with van der Waals surface area (Å²) >= 11 is 0. The highest BCUT2D eigenvalue weighted by Crippen LogP contribution is 2.18. The van der Waals surface area contributed by atoms with Crippen LogP contribution in [0.15, 0.2) is 18.5 Å². The van der Waals surface area contributed by atoms with E-state index < -0.39 is 0 Å². The van der Waals surface area contributed by atoms with E-state index in [-0.39, 0.29) is 0 Å². The molecule has 0 aliphatic heterocycles. The van der Waals surface area contributed by atoms with Crippen LogP contribution in [0.3, 0.4) is 0 Å². The molecule has 2 aromatic heterocycles. The highest BCUT2D eigenvalue weighted by Gasteiger charge is 2.10. The molecule has 0 aliphatic rings. The number of anilines is 1. The van der Waals surface area contributed by atoms with Crippen LogP contribution in [0.1, 0.15) is 26.1 Å². The molecule has 0 aromatic carbocycles. The smallest absolute Gasteiger partial charge is 0.158 e. The molecule has 0 bridgehead atoms. The molecule has 0 atom stereocenters. The number of aryl methyl sites for hydroxylation is 1. The van der Waals surface area contributed by atoms with Crippen LogP contribution in [0.2, 0.25) is 0 Å². The number of nitrogens with one attached hydrogen (secondary N) is 1. The third-order valence-electron chi connectivity index (χ3n) is 2.81. The topological polar surface area (TPSA) is 64.9 Å². The lowest BCUT2D eigenvalue weighted by Gasteiger charge is -2.09. The zero-order valence-electron chi connectivity index (χ0n) is 12.3. The molecule has 20 heavy (non-hydrogen) atoms. The van der Waals surface area contributed by atoms with Crippen molar-refractivity contribution in [2.24, 2.45) is 7.05 Å². The van der Waals surface area contributed by atoms with Gasteiger partial charge in [0.15, 0.2) is 11.6 Å². The lowest BCUT2D eigenvalue weighted by atomic mass is 10.3. The SMILES string of the molecule is CCCNc1cc(-c2nccn2C)nc(COCC)n1. The molecule has 0 fully saturated rings.